The summed E-state index contributed by atoms with van der Waals surface area (Å²) in [5.41, 5.74) is 0.969. The molecule has 1 aromatic rings. The van der Waals surface area contributed by atoms with Crippen LogP contribution in [-0.2, 0) is 20.7 Å². The first kappa shape index (κ1) is 14.0. The van der Waals surface area contributed by atoms with E-state index in [9.17, 15) is 9.59 Å². The smallest absolute Gasteiger partial charge is 0.332 e. The van der Waals surface area contributed by atoms with E-state index in [0.29, 0.717) is 18.0 Å². The predicted octanol–water partition coefficient (Wildman–Crippen LogP) is 1.58. The number of thiazole rings is 1. The van der Waals surface area contributed by atoms with Gasteiger partial charge in [-0.1, -0.05) is 6.92 Å². The number of carbonyl (C=O) groups excluding carboxylic acids is 1. The van der Waals surface area contributed by atoms with Crippen molar-refractivity contribution >= 4 is 28.3 Å². The number of hydrogen-bond acceptors (Lipinski definition) is 5. The van der Waals surface area contributed by atoms with Gasteiger partial charge in [-0.3, -0.25) is 10.1 Å². The molecule has 2 heterocycles. The second-order valence-corrected chi connectivity index (χ2v) is 5.60. The minimum atomic E-state index is -1.02. The fourth-order valence-corrected chi connectivity index (χ4v) is 2.91. The van der Waals surface area contributed by atoms with E-state index < -0.39 is 18.2 Å². The molecule has 1 fully saturated rings. The van der Waals surface area contributed by atoms with E-state index in [0.717, 1.165) is 17.0 Å². The molecule has 0 saturated carbocycles. The van der Waals surface area contributed by atoms with Crippen molar-refractivity contribution in [3.8, 4) is 0 Å². The maximum atomic E-state index is 11.9. The summed E-state index contributed by atoms with van der Waals surface area (Å²) >= 11 is 1.42. The summed E-state index contributed by atoms with van der Waals surface area (Å²) in [6.07, 6.45) is 0.0349. The number of ether oxygens (including phenoxy) is 1. The standard InChI is InChI=1S/C12H16N2O4S/c1-3-7-6(2)19-12(13-7)14-10(15)8-4-5-9(18-8)11(16)17/h8-9H,3-5H2,1-2H3,(H,16,17)(H,13,14,15)/t8-,9+/m0/s1. The fourth-order valence-electron chi connectivity index (χ4n) is 2.01. The molecule has 104 valence electrons. The van der Waals surface area contributed by atoms with Gasteiger partial charge in [0, 0.05) is 4.88 Å². The average molecular weight is 284 g/mol. The number of nitrogens with zero attached hydrogens (tertiary/aromatic N) is 1. The topological polar surface area (TPSA) is 88.5 Å². The van der Waals surface area contributed by atoms with Crippen molar-refractivity contribution in [1.82, 2.24) is 4.98 Å². The summed E-state index contributed by atoms with van der Waals surface area (Å²) in [5.74, 6) is -1.34. The van der Waals surface area contributed by atoms with E-state index in [1.807, 2.05) is 13.8 Å². The molecular formula is C12H16N2O4S. The number of carboxylic acids is 1. The Hall–Kier alpha value is -1.47. The van der Waals surface area contributed by atoms with Crippen LogP contribution >= 0.6 is 11.3 Å². The Bertz CT molecular complexity index is 500. The van der Waals surface area contributed by atoms with Crippen molar-refractivity contribution in [2.75, 3.05) is 5.32 Å². The highest BCUT2D eigenvalue weighted by Crippen LogP contribution is 2.25. The molecule has 1 aliphatic heterocycles. The second-order valence-electron chi connectivity index (χ2n) is 4.39. The number of nitrogens with one attached hydrogen (secondary N) is 1. The summed E-state index contributed by atoms with van der Waals surface area (Å²) < 4.78 is 5.19. The molecule has 0 spiro atoms. The molecule has 2 N–H and O–H groups in total. The van der Waals surface area contributed by atoms with Crippen LogP contribution in [0.2, 0.25) is 0 Å². The zero-order valence-corrected chi connectivity index (χ0v) is 11.6. The highest BCUT2D eigenvalue weighted by atomic mass is 32.1. The molecule has 7 heteroatoms. The van der Waals surface area contributed by atoms with Gasteiger partial charge in [-0.15, -0.1) is 11.3 Å². The van der Waals surface area contributed by atoms with Crippen LogP contribution in [0.4, 0.5) is 5.13 Å². The van der Waals surface area contributed by atoms with Crippen molar-refractivity contribution in [2.24, 2.45) is 0 Å². The SMILES string of the molecule is CCc1nc(NC(=O)[C@@H]2CC[C@H](C(=O)O)O2)sc1C. The molecule has 2 atom stereocenters. The van der Waals surface area contributed by atoms with Gasteiger partial charge in [0.15, 0.2) is 11.2 Å². The van der Waals surface area contributed by atoms with Gasteiger partial charge in [-0.25, -0.2) is 9.78 Å². The molecule has 0 radical (unpaired) electrons. The zero-order valence-electron chi connectivity index (χ0n) is 10.8. The van der Waals surface area contributed by atoms with Gasteiger partial charge in [-0.05, 0) is 26.2 Å². The molecule has 1 aromatic heterocycles. The summed E-state index contributed by atoms with van der Waals surface area (Å²) in [4.78, 5) is 28.1. The Kier molecular flexibility index (Phi) is 4.16. The third-order valence-electron chi connectivity index (χ3n) is 3.05. The minimum Gasteiger partial charge on any atom is -0.479 e. The molecule has 0 aromatic carbocycles. The van der Waals surface area contributed by atoms with Gasteiger partial charge in [-0.2, -0.15) is 0 Å². The van der Waals surface area contributed by atoms with Gasteiger partial charge in [0.1, 0.15) is 6.10 Å². The van der Waals surface area contributed by atoms with E-state index in [-0.39, 0.29) is 5.91 Å². The molecule has 6 nitrogen and oxygen atoms in total. The van der Waals surface area contributed by atoms with Gasteiger partial charge >= 0.3 is 5.97 Å². The van der Waals surface area contributed by atoms with E-state index in [1.165, 1.54) is 11.3 Å². The largest absolute Gasteiger partial charge is 0.479 e. The van der Waals surface area contributed by atoms with E-state index in [2.05, 4.69) is 10.3 Å². The first-order chi connectivity index (χ1) is 9.01. The third-order valence-corrected chi connectivity index (χ3v) is 3.97. The minimum absolute atomic E-state index is 0.319. The third kappa shape index (κ3) is 3.10. The average Bonchev–Trinajstić information content (AvgIpc) is 2.95. The molecular weight excluding hydrogens is 268 g/mol. The van der Waals surface area contributed by atoms with Crippen molar-refractivity contribution in [2.45, 2.75) is 45.3 Å². The summed E-state index contributed by atoms with van der Waals surface area (Å²) in [6.45, 7) is 3.96. The molecule has 0 aliphatic carbocycles. The molecule has 1 saturated heterocycles. The molecule has 2 rings (SSSR count). The lowest BCUT2D eigenvalue weighted by atomic mass is 10.2. The van der Waals surface area contributed by atoms with Crippen LogP contribution in [0.1, 0.15) is 30.3 Å². The Morgan fingerprint density at radius 3 is 2.68 bits per heavy atom. The zero-order chi connectivity index (χ0) is 14.0. The summed E-state index contributed by atoms with van der Waals surface area (Å²) in [6, 6.07) is 0. The van der Waals surface area contributed by atoms with E-state index in [4.69, 9.17) is 9.84 Å². The lowest BCUT2D eigenvalue weighted by Gasteiger charge is -2.09. The number of hydrogen-bond donors (Lipinski definition) is 2. The van der Waals surface area contributed by atoms with Gasteiger partial charge in [0.05, 0.1) is 5.69 Å². The van der Waals surface area contributed by atoms with Crippen LogP contribution in [0.25, 0.3) is 0 Å². The normalized spacial score (nSPS) is 22.4. The second kappa shape index (κ2) is 5.66. The lowest BCUT2D eigenvalue weighted by Crippen LogP contribution is -2.29. The summed E-state index contributed by atoms with van der Waals surface area (Å²) in [7, 11) is 0. The number of aryl methyl sites for hydroxylation is 2. The summed E-state index contributed by atoms with van der Waals surface area (Å²) in [5, 5.41) is 12.0. The lowest BCUT2D eigenvalue weighted by molar-refractivity contribution is -0.150. The highest BCUT2D eigenvalue weighted by molar-refractivity contribution is 7.15. The Morgan fingerprint density at radius 2 is 2.16 bits per heavy atom. The molecule has 19 heavy (non-hydrogen) atoms. The van der Waals surface area contributed by atoms with Gasteiger partial charge < -0.3 is 9.84 Å². The van der Waals surface area contributed by atoms with Crippen LogP contribution in [-0.4, -0.2) is 34.2 Å². The van der Waals surface area contributed by atoms with Crippen LogP contribution in [0.5, 0.6) is 0 Å². The number of aliphatic carboxylic acids is 1. The first-order valence-electron chi connectivity index (χ1n) is 6.16. The van der Waals surface area contributed by atoms with Crippen molar-refractivity contribution in [3.05, 3.63) is 10.6 Å². The fraction of sp³-hybridized carbons (Fsp3) is 0.583. The predicted molar refractivity (Wildman–Crippen MR) is 70.4 cm³/mol. The van der Waals surface area contributed by atoms with Gasteiger partial charge in [0.2, 0.25) is 0 Å². The van der Waals surface area contributed by atoms with Crippen molar-refractivity contribution in [1.29, 1.82) is 0 Å². The number of aromatic nitrogens is 1. The number of carbonyl (C=O) groups is 2. The number of amides is 1. The van der Waals surface area contributed by atoms with Gasteiger partial charge in [0.25, 0.3) is 5.91 Å². The highest BCUT2D eigenvalue weighted by Gasteiger charge is 2.35. The quantitative estimate of drug-likeness (QED) is 0.876. The Labute approximate surface area is 114 Å². The molecule has 0 unspecified atom stereocenters. The van der Waals surface area contributed by atoms with E-state index in [1.54, 1.807) is 0 Å². The van der Waals surface area contributed by atoms with E-state index >= 15 is 0 Å². The maximum Gasteiger partial charge on any atom is 0.332 e. The first-order valence-corrected chi connectivity index (χ1v) is 6.98. The van der Waals surface area contributed by atoms with Crippen LogP contribution in [0, 0.1) is 6.92 Å². The Balaban J connectivity index is 1.96. The number of anilines is 1. The van der Waals surface area contributed by atoms with Crippen molar-refractivity contribution < 1.29 is 19.4 Å². The van der Waals surface area contributed by atoms with Crippen LogP contribution < -0.4 is 5.32 Å². The molecule has 1 aliphatic rings. The van der Waals surface area contributed by atoms with Crippen molar-refractivity contribution in [3.63, 3.8) is 0 Å². The number of carboxylic acid groups (broad SMARTS) is 1. The van der Waals surface area contributed by atoms with Crippen LogP contribution in [0.3, 0.4) is 0 Å². The molecule has 0 bridgehead atoms. The molecule has 1 amide bonds. The Morgan fingerprint density at radius 1 is 1.47 bits per heavy atom. The monoisotopic (exact) mass is 284 g/mol. The van der Waals surface area contributed by atoms with Crippen LogP contribution in [0.15, 0.2) is 0 Å². The maximum absolute atomic E-state index is 11.9. The number of rotatable bonds is 4.